The second-order valence-corrected chi connectivity index (χ2v) is 8.24. The molecule has 0 spiro atoms. The Kier molecular flexibility index (Phi) is 1.57. The molecule has 1 aliphatic heterocycles. The van der Waals surface area contributed by atoms with E-state index in [0.717, 1.165) is 18.8 Å². The number of aliphatic hydroxyl groups excluding tert-OH is 1. The highest BCUT2D eigenvalue weighted by atomic mass is 16.7. The molecule has 0 bridgehead atoms. The molecule has 1 N–H and O–H groups in total. The molecular formula is C15H24O2. The van der Waals surface area contributed by atoms with E-state index >= 15 is 0 Å². The van der Waals surface area contributed by atoms with Gasteiger partial charge in [0.2, 0.25) is 0 Å². The van der Waals surface area contributed by atoms with Gasteiger partial charge in [-0.25, -0.2) is 0 Å². The van der Waals surface area contributed by atoms with Gasteiger partial charge in [-0.05, 0) is 42.9 Å². The fourth-order valence-electron chi connectivity index (χ4n) is 5.75. The zero-order chi connectivity index (χ0) is 12.3. The molecule has 0 amide bonds. The lowest BCUT2D eigenvalue weighted by Gasteiger charge is -2.29. The quantitative estimate of drug-likeness (QED) is 0.656. The van der Waals surface area contributed by atoms with Crippen molar-refractivity contribution in [1.82, 2.24) is 0 Å². The van der Waals surface area contributed by atoms with Crippen LogP contribution >= 0.6 is 0 Å². The van der Waals surface area contributed by atoms with Crippen LogP contribution in [-0.4, -0.2) is 22.4 Å². The van der Waals surface area contributed by atoms with Crippen molar-refractivity contribution in [3.05, 3.63) is 0 Å². The third kappa shape index (κ3) is 0.920. The minimum Gasteiger partial charge on any atom is -0.390 e. The molecule has 3 aliphatic carbocycles. The summed E-state index contributed by atoms with van der Waals surface area (Å²) in [5.74, 6) is 1.30. The van der Waals surface area contributed by atoms with Gasteiger partial charge < -0.3 is 9.84 Å². The predicted octanol–water partition coefficient (Wildman–Crippen LogP) is 2.74. The van der Waals surface area contributed by atoms with E-state index in [4.69, 9.17) is 4.74 Å². The molecule has 1 heterocycles. The fourth-order valence-corrected chi connectivity index (χ4v) is 5.75. The highest BCUT2D eigenvalue weighted by Crippen LogP contribution is 2.83. The second kappa shape index (κ2) is 2.46. The molecule has 0 unspecified atom stereocenters. The standard InChI is InChI=1S/C15H24O2/c1-9-5-11(16)15-13(4)7-10(13)6-12(2,3)8-14(9,15)17-15/h9-11,16H,5-8H2,1-4H3/t9-,10+,11+,13-,14-,15-/m1/s1. The fraction of sp³-hybridized carbons (Fsp3) is 1.00. The van der Waals surface area contributed by atoms with Crippen molar-refractivity contribution in [1.29, 1.82) is 0 Å². The van der Waals surface area contributed by atoms with E-state index in [1.54, 1.807) is 0 Å². The maximum atomic E-state index is 10.5. The first-order valence-electron chi connectivity index (χ1n) is 7.16. The van der Waals surface area contributed by atoms with Crippen LogP contribution in [0.4, 0.5) is 0 Å². The van der Waals surface area contributed by atoms with Crippen molar-refractivity contribution in [2.24, 2.45) is 22.7 Å². The van der Waals surface area contributed by atoms with Gasteiger partial charge in [-0.1, -0.05) is 27.7 Å². The molecule has 4 fully saturated rings. The molecule has 6 atom stereocenters. The summed E-state index contributed by atoms with van der Waals surface area (Å²) in [5.41, 5.74) is 0.484. The third-order valence-electron chi connectivity index (χ3n) is 6.57. The molecule has 1 saturated heterocycles. The van der Waals surface area contributed by atoms with Crippen LogP contribution in [0.2, 0.25) is 0 Å². The lowest BCUT2D eigenvalue weighted by atomic mass is 9.73. The average Bonchev–Trinajstić information content (AvgIpc) is 2.99. The van der Waals surface area contributed by atoms with E-state index < -0.39 is 0 Å². The number of ether oxygens (including phenoxy) is 1. The van der Waals surface area contributed by atoms with Crippen molar-refractivity contribution < 1.29 is 9.84 Å². The number of aliphatic hydroxyl groups is 1. The van der Waals surface area contributed by atoms with Crippen molar-refractivity contribution >= 4 is 0 Å². The Bertz CT molecular complexity index is 404. The first kappa shape index (κ1) is 10.8. The third-order valence-corrected chi connectivity index (χ3v) is 6.57. The smallest absolute Gasteiger partial charge is 0.129 e. The van der Waals surface area contributed by atoms with Crippen LogP contribution < -0.4 is 0 Å². The van der Waals surface area contributed by atoms with E-state index in [2.05, 4.69) is 27.7 Å². The van der Waals surface area contributed by atoms with Crippen LogP contribution in [0.15, 0.2) is 0 Å². The Hall–Kier alpha value is -0.0800. The second-order valence-electron chi connectivity index (χ2n) is 8.24. The van der Waals surface area contributed by atoms with Crippen molar-refractivity contribution in [2.75, 3.05) is 0 Å². The van der Waals surface area contributed by atoms with Crippen molar-refractivity contribution in [2.45, 2.75) is 70.7 Å². The Morgan fingerprint density at radius 2 is 1.88 bits per heavy atom. The van der Waals surface area contributed by atoms with Crippen LogP contribution in [0.25, 0.3) is 0 Å². The SMILES string of the molecule is C[C@@H]1C[C@H](O)[C@]23O[C@]12CC(C)(C)C[C@H]1C[C@]13C. The Morgan fingerprint density at radius 3 is 2.59 bits per heavy atom. The van der Waals surface area contributed by atoms with Gasteiger partial charge >= 0.3 is 0 Å². The average molecular weight is 236 g/mol. The summed E-state index contributed by atoms with van der Waals surface area (Å²) in [4.78, 5) is 0. The molecule has 17 heavy (non-hydrogen) atoms. The molecule has 0 radical (unpaired) electrons. The van der Waals surface area contributed by atoms with Gasteiger partial charge in [0.1, 0.15) is 11.2 Å². The van der Waals surface area contributed by atoms with Crippen molar-refractivity contribution in [3.8, 4) is 0 Å². The monoisotopic (exact) mass is 236 g/mol. The van der Waals surface area contributed by atoms with E-state index in [1.807, 2.05) is 0 Å². The summed E-state index contributed by atoms with van der Waals surface area (Å²) in [6.07, 6.45) is 4.45. The summed E-state index contributed by atoms with van der Waals surface area (Å²) in [6, 6.07) is 0. The van der Waals surface area contributed by atoms with E-state index in [1.165, 1.54) is 12.8 Å². The molecule has 4 aliphatic rings. The Morgan fingerprint density at radius 1 is 1.18 bits per heavy atom. The van der Waals surface area contributed by atoms with Gasteiger partial charge in [-0.15, -0.1) is 0 Å². The molecule has 0 aromatic rings. The van der Waals surface area contributed by atoms with Gasteiger partial charge in [0.15, 0.2) is 0 Å². The maximum absolute atomic E-state index is 10.5. The number of fused-ring (bicyclic) bond motifs is 1. The molecule has 96 valence electrons. The van der Waals surface area contributed by atoms with Crippen LogP contribution in [0, 0.1) is 22.7 Å². The lowest BCUT2D eigenvalue weighted by Crippen LogP contribution is -2.39. The maximum Gasteiger partial charge on any atom is 0.129 e. The van der Waals surface area contributed by atoms with Crippen LogP contribution in [0.5, 0.6) is 0 Å². The van der Waals surface area contributed by atoms with Gasteiger partial charge in [0.25, 0.3) is 0 Å². The molecule has 2 heteroatoms. The highest BCUT2D eigenvalue weighted by Gasteiger charge is 2.90. The first-order chi connectivity index (χ1) is 7.78. The van der Waals surface area contributed by atoms with Crippen LogP contribution in [0.1, 0.15) is 53.4 Å². The number of hydrogen-bond donors (Lipinski definition) is 1. The molecule has 4 rings (SSSR count). The zero-order valence-electron chi connectivity index (χ0n) is 11.4. The predicted molar refractivity (Wildman–Crippen MR) is 65.6 cm³/mol. The summed E-state index contributed by atoms with van der Waals surface area (Å²) in [5, 5.41) is 10.5. The van der Waals surface area contributed by atoms with Crippen molar-refractivity contribution in [3.63, 3.8) is 0 Å². The van der Waals surface area contributed by atoms with Gasteiger partial charge in [0.05, 0.1) is 6.10 Å². The topological polar surface area (TPSA) is 32.8 Å². The van der Waals surface area contributed by atoms with E-state index in [9.17, 15) is 5.11 Å². The highest BCUT2D eigenvalue weighted by molar-refractivity contribution is 5.38. The summed E-state index contributed by atoms with van der Waals surface area (Å²) >= 11 is 0. The summed E-state index contributed by atoms with van der Waals surface area (Å²) in [7, 11) is 0. The van der Waals surface area contributed by atoms with Crippen LogP contribution in [-0.2, 0) is 4.74 Å². The van der Waals surface area contributed by atoms with E-state index in [-0.39, 0.29) is 22.7 Å². The summed E-state index contributed by atoms with van der Waals surface area (Å²) < 4.78 is 6.34. The van der Waals surface area contributed by atoms with Gasteiger partial charge in [-0.2, -0.15) is 0 Å². The summed E-state index contributed by atoms with van der Waals surface area (Å²) in [6.45, 7) is 9.41. The first-order valence-corrected chi connectivity index (χ1v) is 7.16. The van der Waals surface area contributed by atoms with Gasteiger partial charge in [-0.3, -0.25) is 0 Å². The minimum atomic E-state index is -0.221. The largest absolute Gasteiger partial charge is 0.390 e. The van der Waals surface area contributed by atoms with E-state index in [0.29, 0.717) is 11.3 Å². The number of rotatable bonds is 0. The Balaban J connectivity index is 1.85. The minimum absolute atomic E-state index is 0.00984. The number of hydrogen-bond acceptors (Lipinski definition) is 2. The molecule has 0 aromatic carbocycles. The molecule has 0 aromatic heterocycles. The zero-order valence-corrected chi connectivity index (χ0v) is 11.4. The molecular weight excluding hydrogens is 212 g/mol. The Labute approximate surface area is 104 Å². The molecule has 3 saturated carbocycles. The van der Waals surface area contributed by atoms with Gasteiger partial charge in [0, 0.05) is 5.41 Å². The molecule has 2 nitrogen and oxygen atoms in total. The lowest BCUT2D eigenvalue weighted by molar-refractivity contribution is 0.00265. The number of epoxide rings is 1. The van der Waals surface area contributed by atoms with Crippen LogP contribution in [0.3, 0.4) is 0 Å². The normalized spacial score (nSPS) is 66.5.